The van der Waals surface area contributed by atoms with E-state index in [-0.39, 0.29) is 11.9 Å². The molecule has 3 aromatic rings. The molecule has 1 aromatic carbocycles. The fourth-order valence-corrected chi connectivity index (χ4v) is 3.44. The monoisotopic (exact) mass is 380 g/mol. The highest BCUT2D eigenvalue weighted by atomic mass is 16.5. The number of benzene rings is 1. The number of nitrogens with zero attached hydrogens (tertiary/aromatic N) is 3. The van der Waals surface area contributed by atoms with E-state index in [2.05, 4.69) is 15.2 Å². The summed E-state index contributed by atoms with van der Waals surface area (Å²) in [5.41, 5.74) is 4.45. The SMILES string of the molecule is CCc1nc2c(C)cccn2c1C(=O)NCC(c1ccc(OC)cc1)N(C)C. The summed E-state index contributed by atoms with van der Waals surface area (Å²) in [5.74, 6) is 0.717. The Labute approximate surface area is 166 Å². The van der Waals surface area contributed by atoms with Crippen molar-refractivity contribution in [3.63, 3.8) is 0 Å². The average Bonchev–Trinajstić information content (AvgIpc) is 3.08. The standard InChI is InChI=1S/C22H28N4O2/c1-6-18-20(26-13-7-8-15(2)21(26)24-18)22(27)23-14-19(25(3)4)16-9-11-17(28-5)12-10-16/h7-13,19H,6,14H2,1-5H3,(H,23,27). The number of likely N-dealkylation sites (N-methyl/N-ethyl adjacent to an activating group) is 1. The van der Waals surface area contributed by atoms with Gasteiger partial charge in [-0.05, 0) is 56.8 Å². The van der Waals surface area contributed by atoms with Gasteiger partial charge in [-0.2, -0.15) is 0 Å². The maximum atomic E-state index is 13.1. The highest BCUT2D eigenvalue weighted by Gasteiger charge is 2.21. The van der Waals surface area contributed by atoms with Gasteiger partial charge in [-0.1, -0.05) is 25.1 Å². The fraction of sp³-hybridized carbons (Fsp3) is 0.364. The van der Waals surface area contributed by atoms with E-state index in [9.17, 15) is 4.79 Å². The summed E-state index contributed by atoms with van der Waals surface area (Å²) in [6.07, 6.45) is 2.61. The van der Waals surface area contributed by atoms with Gasteiger partial charge in [0.2, 0.25) is 0 Å². The second-order valence-corrected chi connectivity index (χ2v) is 7.11. The van der Waals surface area contributed by atoms with E-state index in [1.54, 1.807) is 7.11 Å². The largest absolute Gasteiger partial charge is 0.497 e. The summed E-state index contributed by atoms with van der Waals surface area (Å²) < 4.78 is 7.13. The Morgan fingerprint density at radius 1 is 1.25 bits per heavy atom. The van der Waals surface area contributed by atoms with Crippen LogP contribution in [0.15, 0.2) is 42.6 Å². The van der Waals surface area contributed by atoms with Gasteiger partial charge < -0.3 is 15.0 Å². The first kappa shape index (κ1) is 19.9. The molecule has 1 N–H and O–H groups in total. The van der Waals surface area contributed by atoms with Crippen LogP contribution in [0.3, 0.4) is 0 Å². The average molecular weight is 380 g/mol. The molecular formula is C22H28N4O2. The fourth-order valence-electron chi connectivity index (χ4n) is 3.44. The number of carbonyl (C=O) groups excluding carboxylic acids is 1. The van der Waals surface area contributed by atoms with Crippen LogP contribution < -0.4 is 10.1 Å². The molecule has 0 aliphatic heterocycles. The first-order chi connectivity index (χ1) is 13.5. The van der Waals surface area contributed by atoms with Crippen molar-refractivity contribution in [2.45, 2.75) is 26.3 Å². The summed E-state index contributed by atoms with van der Waals surface area (Å²) >= 11 is 0. The van der Waals surface area contributed by atoms with Gasteiger partial charge in [0.05, 0.1) is 18.8 Å². The Balaban J connectivity index is 1.83. The topological polar surface area (TPSA) is 58.9 Å². The van der Waals surface area contributed by atoms with Gasteiger partial charge in [0.25, 0.3) is 5.91 Å². The number of hydrogen-bond acceptors (Lipinski definition) is 4. The second-order valence-electron chi connectivity index (χ2n) is 7.11. The van der Waals surface area contributed by atoms with Gasteiger partial charge in [-0.3, -0.25) is 9.20 Å². The summed E-state index contributed by atoms with van der Waals surface area (Å²) in [6.45, 7) is 4.53. The van der Waals surface area contributed by atoms with Gasteiger partial charge >= 0.3 is 0 Å². The van der Waals surface area contributed by atoms with E-state index in [1.807, 2.05) is 74.9 Å². The number of ether oxygens (including phenoxy) is 1. The van der Waals surface area contributed by atoms with Gasteiger partial charge in [-0.15, -0.1) is 0 Å². The van der Waals surface area contributed by atoms with E-state index in [0.29, 0.717) is 18.7 Å². The molecular weight excluding hydrogens is 352 g/mol. The van der Waals surface area contributed by atoms with E-state index in [1.165, 1.54) is 0 Å². The second kappa shape index (κ2) is 8.44. The molecule has 1 atom stereocenters. The van der Waals surface area contributed by atoms with Crippen LogP contribution in [-0.4, -0.2) is 47.9 Å². The lowest BCUT2D eigenvalue weighted by atomic mass is 10.1. The summed E-state index contributed by atoms with van der Waals surface area (Å²) in [4.78, 5) is 19.8. The Morgan fingerprint density at radius 3 is 2.57 bits per heavy atom. The number of carbonyl (C=O) groups is 1. The third-order valence-electron chi connectivity index (χ3n) is 5.05. The minimum Gasteiger partial charge on any atom is -0.497 e. The van der Waals surface area contributed by atoms with Crippen molar-refractivity contribution in [1.82, 2.24) is 19.6 Å². The molecule has 0 saturated carbocycles. The molecule has 148 valence electrons. The van der Waals surface area contributed by atoms with Gasteiger partial charge in [0.15, 0.2) is 0 Å². The van der Waals surface area contributed by atoms with Crippen LogP contribution in [0.4, 0.5) is 0 Å². The predicted molar refractivity (Wildman–Crippen MR) is 111 cm³/mol. The predicted octanol–water partition coefficient (Wildman–Crippen LogP) is 3.25. The van der Waals surface area contributed by atoms with Crippen molar-refractivity contribution in [2.24, 2.45) is 0 Å². The number of amides is 1. The maximum absolute atomic E-state index is 13.1. The third-order valence-corrected chi connectivity index (χ3v) is 5.05. The van der Waals surface area contributed by atoms with Crippen LogP contribution in [0, 0.1) is 6.92 Å². The van der Waals surface area contributed by atoms with E-state index in [0.717, 1.165) is 28.2 Å². The maximum Gasteiger partial charge on any atom is 0.270 e. The number of hydrogen-bond donors (Lipinski definition) is 1. The molecule has 2 aromatic heterocycles. The van der Waals surface area contributed by atoms with Crippen molar-refractivity contribution in [1.29, 1.82) is 0 Å². The first-order valence-electron chi connectivity index (χ1n) is 9.51. The van der Waals surface area contributed by atoms with Crippen molar-refractivity contribution in [3.05, 3.63) is 65.1 Å². The van der Waals surface area contributed by atoms with E-state index < -0.39 is 0 Å². The number of nitrogens with one attached hydrogen (secondary N) is 1. The lowest BCUT2D eigenvalue weighted by molar-refractivity contribution is 0.0935. The lowest BCUT2D eigenvalue weighted by Crippen LogP contribution is -2.35. The number of rotatable bonds is 7. The number of fused-ring (bicyclic) bond motifs is 1. The molecule has 0 bridgehead atoms. The van der Waals surface area contributed by atoms with Crippen LogP contribution in [-0.2, 0) is 6.42 Å². The normalized spacial score (nSPS) is 12.4. The number of pyridine rings is 1. The Kier molecular flexibility index (Phi) is 5.99. The molecule has 6 heteroatoms. The molecule has 6 nitrogen and oxygen atoms in total. The zero-order valence-electron chi connectivity index (χ0n) is 17.2. The van der Waals surface area contributed by atoms with Gasteiger partial charge in [0.1, 0.15) is 17.1 Å². The molecule has 0 aliphatic carbocycles. The van der Waals surface area contributed by atoms with Crippen molar-refractivity contribution < 1.29 is 9.53 Å². The highest BCUT2D eigenvalue weighted by Crippen LogP contribution is 2.21. The first-order valence-corrected chi connectivity index (χ1v) is 9.51. The molecule has 1 unspecified atom stereocenters. The Hall–Kier alpha value is -2.86. The van der Waals surface area contributed by atoms with Gasteiger partial charge in [0, 0.05) is 12.7 Å². The zero-order valence-corrected chi connectivity index (χ0v) is 17.2. The van der Waals surface area contributed by atoms with Crippen molar-refractivity contribution in [3.8, 4) is 5.75 Å². The molecule has 0 fully saturated rings. The van der Waals surface area contributed by atoms with E-state index >= 15 is 0 Å². The van der Waals surface area contributed by atoms with Crippen LogP contribution in [0.5, 0.6) is 5.75 Å². The van der Waals surface area contributed by atoms with Crippen molar-refractivity contribution >= 4 is 11.6 Å². The summed E-state index contributed by atoms with van der Waals surface area (Å²) in [7, 11) is 5.67. The van der Waals surface area contributed by atoms with Crippen LogP contribution in [0.2, 0.25) is 0 Å². The smallest absolute Gasteiger partial charge is 0.270 e. The van der Waals surface area contributed by atoms with Crippen LogP contribution in [0.1, 0.15) is 40.3 Å². The number of methoxy groups -OCH3 is 1. The van der Waals surface area contributed by atoms with Crippen LogP contribution in [0.25, 0.3) is 5.65 Å². The zero-order chi connectivity index (χ0) is 20.3. The number of aryl methyl sites for hydroxylation is 2. The molecule has 28 heavy (non-hydrogen) atoms. The highest BCUT2D eigenvalue weighted by molar-refractivity contribution is 5.95. The lowest BCUT2D eigenvalue weighted by Gasteiger charge is -2.25. The van der Waals surface area contributed by atoms with Gasteiger partial charge in [-0.25, -0.2) is 4.98 Å². The van der Waals surface area contributed by atoms with Crippen LogP contribution >= 0.6 is 0 Å². The molecule has 2 heterocycles. The molecule has 0 saturated heterocycles. The minimum absolute atomic E-state index is 0.0563. The molecule has 0 aliphatic rings. The Morgan fingerprint density at radius 2 is 1.96 bits per heavy atom. The number of imidazole rings is 1. The molecule has 1 amide bonds. The minimum atomic E-state index is -0.102. The number of aromatic nitrogens is 2. The Bertz CT molecular complexity index is 961. The third kappa shape index (κ3) is 3.87. The molecule has 0 spiro atoms. The van der Waals surface area contributed by atoms with Crippen molar-refractivity contribution in [2.75, 3.05) is 27.7 Å². The van der Waals surface area contributed by atoms with E-state index in [4.69, 9.17) is 4.74 Å². The molecule has 0 radical (unpaired) electrons. The summed E-state index contributed by atoms with van der Waals surface area (Å²) in [5, 5.41) is 3.11. The summed E-state index contributed by atoms with van der Waals surface area (Å²) in [6, 6.07) is 12.0. The quantitative estimate of drug-likeness (QED) is 0.684. The molecule has 3 rings (SSSR count).